The minimum absolute atomic E-state index is 0.205. The van der Waals surface area contributed by atoms with E-state index in [-0.39, 0.29) is 12.5 Å². The fourth-order valence-electron chi connectivity index (χ4n) is 3.66. The number of carbonyl (C=O) groups is 2. The molecule has 1 unspecified atom stereocenters. The van der Waals surface area contributed by atoms with Gasteiger partial charge in [0.1, 0.15) is 0 Å². The van der Waals surface area contributed by atoms with Crippen LogP contribution in [0.25, 0.3) is 5.69 Å². The molecule has 6 heteroatoms. The van der Waals surface area contributed by atoms with E-state index in [0.29, 0.717) is 25.1 Å². The largest absolute Gasteiger partial charge is 0.481 e. The van der Waals surface area contributed by atoms with E-state index in [0.717, 1.165) is 22.5 Å². The van der Waals surface area contributed by atoms with Crippen LogP contribution in [-0.2, 0) is 4.79 Å². The minimum Gasteiger partial charge on any atom is -0.481 e. The lowest BCUT2D eigenvalue weighted by Crippen LogP contribution is -2.48. The highest BCUT2D eigenvalue weighted by atomic mass is 16.4. The molecule has 3 rings (SSSR count). The molecule has 0 radical (unpaired) electrons. The van der Waals surface area contributed by atoms with E-state index in [1.807, 2.05) is 32.9 Å². The van der Waals surface area contributed by atoms with Gasteiger partial charge in [-0.2, -0.15) is 5.10 Å². The third-order valence-corrected chi connectivity index (χ3v) is 5.06. The summed E-state index contributed by atoms with van der Waals surface area (Å²) in [5.74, 6) is -1.06. The average molecular weight is 355 g/mol. The molecule has 1 aromatic heterocycles. The monoisotopic (exact) mass is 355 g/mol. The molecule has 6 nitrogen and oxygen atoms in total. The zero-order valence-electron chi connectivity index (χ0n) is 15.7. The van der Waals surface area contributed by atoms with Crippen LogP contribution in [0.4, 0.5) is 0 Å². The quantitative estimate of drug-likeness (QED) is 0.918. The smallest absolute Gasteiger partial charge is 0.311 e. The first-order chi connectivity index (χ1) is 12.2. The number of piperidine rings is 1. The summed E-state index contributed by atoms with van der Waals surface area (Å²) >= 11 is 0. The molecule has 0 aliphatic carbocycles. The average Bonchev–Trinajstić information content (AvgIpc) is 2.95. The van der Waals surface area contributed by atoms with Crippen molar-refractivity contribution < 1.29 is 14.7 Å². The summed E-state index contributed by atoms with van der Waals surface area (Å²) in [6.45, 7) is 8.46. The number of hydrogen-bond donors (Lipinski definition) is 1. The highest BCUT2D eigenvalue weighted by Crippen LogP contribution is 2.30. The van der Waals surface area contributed by atoms with Crippen molar-refractivity contribution in [3.63, 3.8) is 0 Å². The first-order valence-corrected chi connectivity index (χ1v) is 8.88. The van der Waals surface area contributed by atoms with Gasteiger partial charge in [-0.15, -0.1) is 0 Å². The highest BCUT2D eigenvalue weighted by molar-refractivity contribution is 5.93. The number of likely N-dealkylation sites (tertiary alicyclic amines) is 1. The molecule has 1 aliphatic heterocycles. The first kappa shape index (κ1) is 18.2. The van der Waals surface area contributed by atoms with Gasteiger partial charge in [0, 0.05) is 18.8 Å². The number of hydrogen-bond acceptors (Lipinski definition) is 3. The van der Waals surface area contributed by atoms with Crippen LogP contribution >= 0.6 is 0 Å². The van der Waals surface area contributed by atoms with Crippen LogP contribution in [-0.4, -0.2) is 44.8 Å². The number of carbonyl (C=O) groups excluding carboxylic acids is 1. The number of benzene rings is 1. The van der Waals surface area contributed by atoms with Crippen LogP contribution in [0.5, 0.6) is 0 Å². The van der Waals surface area contributed by atoms with E-state index in [9.17, 15) is 14.7 Å². The van der Waals surface area contributed by atoms with Crippen molar-refractivity contribution in [2.24, 2.45) is 5.41 Å². The third kappa shape index (κ3) is 3.36. The Morgan fingerprint density at radius 1 is 1.12 bits per heavy atom. The van der Waals surface area contributed by atoms with E-state index < -0.39 is 11.4 Å². The summed E-state index contributed by atoms with van der Waals surface area (Å²) in [5.41, 5.74) is 3.53. The van der Waals surface area contributed by atoms with Crippen LogP contribution < -0.4 is 0 Å². The summed E-state index contributed by atoms with van der Waals surface area (Å²) in [7, 11) is 0. The number of rotatable bonds is 3. The van der Waals surface area contributed by atoms with Crippen molar-refractivity contribution in [1.82, 2.24) is 14.7 Å². The number of carboxylic acids is 1. The molecule has 0 spiro atoms. The van der Waals surface area contributed by atoms with E-state index in [1.165, 1.54) is 0 Å². The number of amides is 1. The lowest BCUT2D eigenvalue weighted by molar-refractivity contribution is -0.150. The Hall–Kier alpha value is -2.63. The molecule has 1 aliphatic rings. The van der Waals surface area contributed by atoms with E-state index in [2.05, 4.69) is 11.2 Å². The van der Waals surface area contributed by atoms with Gasteiger partial charge in [0.15, 0.2) is 5.69 Å². The summed E-state index contributed by atoms with van der Waals surface area (Å²) in [5, 5.41) is 14.0. The van der Waals surface area contributed by atoms with Crippen LogP contribution in [0.2, 0.25) is 0 Å². The summed E-state index contributed by atoms with van der Waals surface area (Å²) in [4.78, 5) is 26.0. The number of carboxylic acid groups (broad SMARTS) is 1. The van der Waals surface area contributed by atoms with Gasteiger partial charge in [-0.1, -0.05) is 6.07 Å². The van der Waals surface area contributed by atoms with Gasteiger partial charge in [-0.3, -0.25) is 9.59 Å². The Morgan fingerprint density at radius 2 is 1.77 bits per heavy atom. The molecule has 0 bridgehead atoms. The van der Waals surface area contributed by atoms with Crippen LogP contribution in [0.3, 0.4) is 0 Å². The normalized spacial score (nSPS) is 20.2. The predicted octanol–water partition coefficient (Wildman–Crippen LogP) is 3.12. The summed E-state index contributed by atoms with van der Waals surface area (Å²) in [6.07, 6.45) is 1.27. The van der Waals surface area contributed by atoms with Gasteiger partial charge < -0.3 is 10.0 Å². The van der Waals surface area contributed by atoms with Crippen molar-refractivity contribution in [2.75, 3.05) is 13.1 Å². The van der Waals surface area contributed by atoms with E-state index >= 15 is 0 Å². The van der Waals surface area contributed by atoms with Gasteiger partial charge in [-0.25, -0.2) is 4.68 Å². The molecule has 1 atom stereocenters. The summed E-state index contributed by atoms with van der Waals surface area (Å²) < 4.78 is 1.77. The molecular weight excluding hydrogens is 330 g/mol. The Balaban J connectivity index is 1.88. The van der Waals surface area contributed by atoms with Crippen molar-refractivity contribution in [3.8, 4) is 5.69 Å². The van der Waals surface area contributed by atoms with Crippen LogP contribution in [0, 0.1) is 26.2 Å². The number of nitrogens with zero attached hydrogens (tertiary/aromatic N) is 3. The lowest BCUT2D eigenvalue weighted by atomic mass is 9.82. The van der Waals surface area contributed by atoms with Crippen LogP contribution in [0.15, 0.2) is 24.3 Å². The Kier molecular flexibility index (Phi) is 4.61. The lowest BCUT2D eigenvalue weighted by Gasteiger charge is -2.37. The van der Waals surface area contributed by atoms with Crippen LogP contribution in [0.1, 0.15) is 47.1 Å². The van der Waals surface area contributed by atoms with E-state index in [1.54, 1.807) is 22.6 Å². The second kappa shape index (κ2) is 6.59. The molecule has 0 saturated carbocycles. The van der Waals surface area contributed by atoms with Crippen molar-refractivity contribution in [3.05, 3.63) is 46.8 Å². The minimum atomic E-state index is -0.890. The SMILES string of the molecule is Cc1cc(C)cc(-n2nc(C(=O)N3CCCC(C)(C(=O)O)C3)cc2C)c1. The topological polar surface area (TPSA) is 75.4 Å². The van der Waals surface area contributed by atoms with Gasteiger partial charge >= 0.3 is 5.97 Å². The molecule has 2 aromatic rings. The third-order valence-electron chi connectivity index (χ3n) is 5.06. The second-order valence-corrected chi connectivity index (χ2v) is 7.62. The zero-order valence-corrected chi connectivity index (χ0v) is 15.7. The summed E-state index contributed by atoms with van der Waals surface area (Å²) in [6, 6.07) is 7.93. The fourth-order valence-corrected chi connectivity index (χ4v) is 3.66. The molecule has 26 heavy (non-hydrogen) atoms. The van der Waals surface area contributed by atoms with E-state index in [4.69, 9.17) is 0 Å². The zero-order chi connectivity index (χ0) is 19.1. The fraction of sp³-hybridized carbons (Fsp3) is 0.450. The molecule has 2 heterocycles. The number of aliphatic carboxylic acids is 1. The van der Waals surface area contributed by atoms with Gasteiger partial charge in [0.05, 0.1) is 11.1 Å². The second-order valence-electron chi connectivity index (χ2n) is 7.62. The molecule has 1 fully saturated rings. The number of aromatic nitrogens is 2. The maximum Gasteiger partial charge on any atom is 0.311 e. The molecule has 1 aromatic carbocycles. The standard InChI is InChI=1S/C20H25N3O3/c1-13-8-14(2)10-16(9-13)23-15(3)11-17(21-23)18(24)22-7-5-6-20(4,12-22)19(25)26/h8-11H,5-7,12H2,1-4H3,(H,25,26). The predicted molar refractivity (Wildman–Crippen MR) is 98.7 cm³/mol. The Labute approximate surface area is 153 Å². The molecule has 1 amide bonds. The molecule has 1 saturated heterocycles. The highest BCUT2D eigenvalue weighted by Gasteiger charge is 2.40. The maximum absolute atomic E-state index is 12.9. The molecule has 138 valence electrons. The Morgan fingerprint density at radius 3 is 2.38 bits per heavy atom. The van der Waals surface area contributed by atoms with Crippen molar-refractivity contribution in [2.45, 2.75) is 40.5 Å². The molecular formula is C20H25N3O3. The van der Waals surface area contributed by atoms with Gasteiger partial charge in [0.25, 0.3) is 5.91 Å². The molecule has 1 N–H and O–H groups in total. The Bertz CT molecular complexity index is 851. The maximum atomic E-state index is 12.9. The van der Waals surface area contributed by atoms with Crippen molar-refractivity contribution in [1.29, 1.82) is 0 Å². The van der Waals surface area contributed by atoms with Gasteiger partial charge in [-0.05, 0) is 69.9 Å². The van der Waals surface area contributed by atoms with Gasteiger partial charge in [0.2, 0.25) is 0 Å². The number of aryl methyl sites for hydroxylation is 3. The van der Waals surface area contributed by atoms with Crippen molar-refractivity contribution >= 4 is 11.9 Å². The first-order valence-electron chi connectivity index (χ1n) is 8.88.